The Bertz CT molecular complexity index is 388. The highest BCUT2D eigenvalue weighted by Crippen LogP contribution is 2.15. The minimum Gasteiger partial charge on any atom is -0.398 e. The standard InChI is InChI=1S/C10H9FN2/c1-7-2-3-9(11)8(6-7)10(13)4-5-12/h2-4,6H,13H2,1H3/b10-4-. The molecule has 0 heterocycles. The molecule has 0 aromatic heterocycles. The van der Waals surface area contributed by atoms with Gasteiger partial charge in [0.25, 0.3) is 0 Å². The normalized spacial score (nSPS) is 11.0. The van der Waals surface area contributed by atoms with E-state index in [4.69, 9.17) is 11.0 Å². The van der Waals surface area contributed by atoms with Gasteiger partial charge in [0.15, 0.2) is 0 Å². The van der Waals surface area contributed by atoms with E-state index in [1.54, 1.807) is 18.2 Å². The molecule has 0 unspecified atom stereocenters. The maximum absolute atomic E-state index is 13.1. The Labute approximate surface area is 76.1 Å². The van der Waals surface area contributed by atoms with Crippen LogP contribution in [0.25, 0.3) is 5.70 Å². The first kappa shape index (κ1) is 9.27. The van der Waals surface area contributed by atoms with Crippen LogP contribution in [0.4, 0.5) is 4.39 Å². The van der Waals surface area contributed by atoms with Gasteiger partial charge in [-0.15, -0.1) is 0 Å². The van der Waals surface area contributed by atoms with Crippen molar-refractivity contribution in [3.8, 4) is 6.07 Å². The second kappa shape index (κ2) is 3.72. The van der Waals surface area contributed by atoms with Crippen molar-refractivity contribution in [2.24, 2.45) is 5.73 Å². The van der Waals surface area contributed by atoms with E-state index in [-0.39, 0.29) is 11.3 Å². The monoisotopic (exact) mass is 176 g/mol. The van der Waals surface area contributed by atoms with Crippen LogP contribution < -0.4 is 5.73 Å². The van der Waals surface area contributed by atoms with E-state index in [0.717, 1.165) is 11.6 Å². The predicted octanol–water partition coefficient (Wildman–Crippen LogP) is 1.96. The smallest absolute Gasteiger partial charge is 0.132 e. The second-order valence-corrected chi connectivity index (χ2v) is 2.71. The van der Waals surface area contributed by atoms with Crippen molar-refractivity contribution in [2.45, 2.75) is 6.92 Å². The van der Waals surface area contributed by atoms with Gasteiger partial charge in [-0.1, -0.05) is 11.6 Å². The van der Waals surface area contributed by atoms with Crippen LogP contribution in [0.1, 0.15) is 11.1 Å². The molecular formula is C10H9FN2. The summed E-state index contributed by atoms with van der Waals surface area (Å²) in [4.78, 5) is 0. The number of nitrogens with zero attached hydrogens (tertiary/aromatic N) is 1. The third-order valence-corrected chi connectivity index (χ3v) is 1.65. The van der Waals surface area contributed by atoms with Crippen LogP contribution >= 0.6 is 0 Å². The van der Waals surface area contributed by atoms with E-state index >= 15 is 0 Å². The molecule has 2 N–H and O–H groups in total. The van der Waals surface area contributed by atoms with E-state index in [1.807, 2.05) is 6.92 Å². The molecule has 0 saturated carbocycles. The molecule has 1 aromatic carbocycles. The lowest BCUT2D eigenvalue weighted by molar-refractivity contribution is 0.623. The first-order valence-corrected chi connectivity index (χ1v) is 3.77. The molecule has 0 fully saturated rings. The fourth-order valence-corrected chi connectivity index (χ4v) is 1.01. The average Bonchev–Trinajstić information content (AvgIpc) is 2.09. The zero-order valence-electron chi connectivity index (χ0n) is 7.21. The number of hydrogen-bond donors (Lipinski definition) is 1. The largest absolute Gasteiger partial charge is 0.398 e. The van der Waals surface area contributed by atoms with Gasteiger partial charge >= 0.3 is 0 Å². The van der Waals surface area contributed by atoms with E-state index < -0.39 is 5.82 Å². The fourth-order valence-electron chi connectivity index (χ4n) is 1.01. The van der Waals surface area contributed by atoms with Gasteiger partial charge in [0, 0.05) is 11.6 Å². The van der Waals surface area contributed by atoms with E-state index in [9.17, 15) is 4.39 Å². The van der Waals surface area contributed by atoms with E-state index in [1.165, 1.54) is 6.07 Å². The molecule has 0 spiro atoms. The lowest BCUT2D eigenvalue weighted by Gasteiger charge is -2.02. The molecular weight excluding hydrogens is 167 g/mol. The van der Waals surface area contributed by atoms with Crippen LogP contribution in [0.15, 0.2) is 24.3 Å². The minimum atomic E-state index is -0.408. The summed E-state index contributed by atoms with van der Waals surface area (Å²) >= 11 is 0. The number of aryl methyl sites for hydroxylation is 1. The van der Waals surface area contributed by atoms with Crippen molar-refractivity contribution < 1.29 is 4.39 Å². The third kappa shape index (κ3) is 2.06. The van der Waals surface area contributed by atoms with Crippen LogP contribution in [0.3, 0.4) is 0 Å². The molecule has 1 aromatic rings. The first-order chi connectivity index (χ1) is 6.15. The maximum atomic E-state index is 13.1. The minimum absolute atomic E-state index is 0.156. The van der Waals surface area contributed by atoms with Crippen molar-refractivity contribution in [1.82, 2.24) is 0 Å². The van der Waals surface area contributed by atoms with Crippen LogP contribution in [-0.4, -0.2) is 0 Å². The summed E-state index contributed by atoms with van der Waals surface area (Å²) in [6.45, 7) is 1.84. The van der Waals surface area contributed by atoms with Crippen molar-refractivity contribution in [2.75, 3.05) is 0 Å². The van der Waals surface area contributed by atoms with Crippen molar-refractivity contribution >= 4 is 5.70 Å². The summed E-state index contributed by atoms with van der Waals surface area (Å²) in [5, 5.41) is 8.33. The molecule has 0 radical (unpaired) electrons. The lowest BCUT2D eigenvalue weighted by atomic mass is 10.1. The van der Waals surface area contributed by atoms with Gasteiger partial charge in [0.2, 0.25) is 0 Å². The lowest BCUT2D eigenvalue weighted by Crippen LogP contribution is -1.99. The van der Waals surface area contributed by atoms with Gasteiger partial charge in [-0.3, -0.25) is 0 Å². The highest BCUT2D eigenvalue weighted by atomic mass is 19.1. The summed E-state index contributed by atoms with van der Waals surface area (Å²) in [6.07, 6.45) is 1.12. The third-order valence-electron chi connectivity index (χ3n) is 1.65. The molecule has 0 amide bonds. The summed E-state index contributed by atoms with van der Waals surface area (Å²) in [5.41, 5.74) is 6.82. The number of nitriles is 1. The number of hydrogen-bond acceptors (Lipinski definition) is 2. The molecule has 0 atom stereocenters. The molecule has 0 aliphatic heterocycles. The summed E-state index contributed by atoms with van der Waals surface area (Å²) in [5.74, 6) is -0.408. The zero-order chi connectivity index (χ0) is 9.84. The van der Waals surface area contributed by atoms with Crippen molar-refractivity contribution in [1.29, 1.82) is 5.26 Å². The van der Waals surface area contributed by atoms with Gasteiger partial charge in [0.05, 0.1) is 11.8 Å². The Kier molecular flexibility index (Phi) is 2.65. The molecule has 0 bridgehead atoms. The van der Waals surface area contributed by atoms with Gasteiger partial charge in [0.1, 0.15) is 5.82 Å². The molecule has 1 rings (SSSR count). The zero-order valence-corrected chi connectivity index (χ0v) is 7.21. The van der Waals surface area contributed by atoms with Gasteiger partial charge in [-0.2, -0.15) is 5.26 Å². The van der Waals surface area contributed by atoms with Crippen LogP contribution in [-0.2, 0) is 0 Å². The SMILES string of the molecule is Cc1ccc(F)c(/C(N)=C/C#N)c1. The van der Waals surface area contributed by atoms with E-state index in [0.29, 0.717) is 0 Å². The van der Waals surface area contributed by atoms with Crippen molar-refractivity contribution in [3.63, 3.8) is 0 Å². The Morgan fingerprint density at radius 2 is 2.31 bits per heavy atom. The summed E-state index contributed by atoms with van der Waals surface area (Å²) in [7, 11) is 0. The van der Waals surface area contributed by atoms with Gasteiger partial charge in [-0.05, 0) is 19.1 Å². The van der Waals surface area contributed by atoms with Crippen molar-refractivity contribution in [3.05, 3.63) is 41.2 Å². The molecule has 0 aliphatic carbocycles. The number of allylic oxidation sites excluding steroid dienone is 1. The second-order valence-electron chi connectivity index (χ2n) is 2.71. The topological polar surface area (TPSA) is 49.8 Å². The fraction of sp³-hybridized carbons (Fsp3) is 0.100. The van der Waals surface area contributed by atoms with Gasteiger partial charge < -0.3 is 5.73 Å². The highest BCUT2D eigenvalue weighted by molar-refractivity contribution is 5.65. The maximum Gasteiger partial charge on any atom is 0.132 e. The Morgan fingerprint density at radius 3 is 2.92 bits per heavy atom. The molecule has 0 saturated heterocycles. The highest BCUT2D eigenvalue weighted by Gasteiger charge is 2.03. The van der Waals surface area contributed by atoms with Crippen LogP contribution in [0, 0.1) is 24.1 Å². The Hall–Kier alpha value is -1.82. The Morgan fingerprint density at radius 1 is 1.62 bits per heavy atom. The summed E-state index contributed by atoms with van der Waals surface area (Å²) < 4.78 is 13.1. The number of rotatable bonds is 1. The predicted molar refractivity (Wildman–Crippen MR) is 48.9 cm³/mol. The van der Waals surface area contributed by atoms with E-state index in [2.05, 4.69) is 0 Å². The van der Waals surface area contributed by atoms with Crippen LogP contribution in [0.5, 0.6) is 0 Å². The first-order valence-electron chi connectivity index (χ1n) is 3.77. The van der Waals surface area contributed by atoms with Gasteiger partial charge in [-0.25, -0.2) is 4.39 Å². The van der Waals surface area contributed by atoms with Crippen LogP contribution in [0.2, 0.25) is 0 Å². The molecule has 0 aliphatic rings. The molecule has 2 nitrogen and oxygen atoms in total. The number of halogens is 1. The number of benzene rings is 1. The molecule has 13 heavy (non-hydrogen) atoms. The quantitative estimate of drug-likeness (QED) is 0.665. The molecule has 66 valence electrons. The molecule has 3 heteroatoms. The average molecular weight is 176 g/mol. The Balaban J connectivity index is 3.22. The summed E-state index contributed by atoms with van der Waals surface area (Å²) in [6, 6.07) is 6.36. The number of nitrogens with two attached hydrogens (primary N) is 1.